The fourth-order valence-electron chi connectivity index (χ4n) is 3.31. The van der Waals surface area contributed by atoms with Crippen molar-refractivity contribution in [2.75, 3.05) is 17.5 Å². The first-order valence-corrected chi connectivity index (χ1v) is 12.1. The van der Waals surface area contributed by atoms with E-state index in [9.17, 15) is 17.8 Å². The van der Waals surface area contributed by atoms with Crippen LogP contribution < -0.4 is 9.62 Å². The van der Waals surface area contributed by atoms with E-state index in [0.717, 1.165) is 0 Å². The SMILES string of the molecule is CC(NC(=O)c1noc(C2CCOCC2)c1N(c1ccc(Cl)cc1)S(=O)(=O)O)C(C)(C)C. The number of amides is 1. The predicted molar refractivity (Wildman–Crippen MR) is 121 cm³/mol. The Bertz CT molecular complexity index is 1060. The van der Waals surface area contributed by atoms with Gasteiger partial charge in [0.1, 0.15) is 5.69 Å². The smallest absolute Gasteiger partial charge is 0.364 e. The Kier molecular flexibility index (Phi) is 7.18. The van der Waals surface area contributed by atoms with E-state index >= 15 is 0 Å². The van der Waals surface area contributed by atoms with Crippen LogP contribution in [0.1, 0.15) is 62.7 Å². The highest BCUT2D eigenvalue weighted by atomic mass is 35.5. The second-order valence-corrected chi connectivity index (χ2v) is 10.6. The van der Waals surface area contributed by atoms with E-state index in [1.54, 1.807) is 0 Å². The maximum Gasteiger partial charge on any atom is 0.364 e. The van der Waals surface area contributed by atoms with Crippen LogP contribution in [-0.2, 0) is 15.0 Å². The molecule has 1 aromatic heterocycles. The minimum atomic E-state index is -4.85. The molecule has 32 heavy (non-hydrogen) atoms. The van der Waals surface area contributed by atoms with Gasteiger partial charge in [-0.3, -0.25) is 9.35 Å². The van der Waals surface area contributed by atoms with E-state index in [-0.39, 0.29) is 40.2 Å². The third-order valence-corrected chi connectivity index (χ3v) is 6.75. The highest BCUT2D eigenvalue weighted by molar-refractivity contribution is 7.87. The molecule has 2 N–H and O–H groups in total. The first kappa shape index (κ1) is 24.5. The lowest BCUT2D eigenvalue weighted by molar-refractivity contribution is 0.0790. The molecule has 1 aliphatic rings. The monoisotopic (exact) mass is 485 g/mol. The first-order chi connectivity index (χ1) is 14.9. The number of aromatic nitrogens is 1. The van der Waals surface area contributed by atoms with Crippen molar-refractivity contribution in [2.24, 2.45) is 5.41 Å². The summed E-state index contributed by atoms with van der Waals surface area (Å²) >= 11 is 5.95. The van der Waals surface area contributed by atoms with Crippen molar-refractivity contribution in [1.29, 1.82) is 0 Å². The Balaban J connectivity index is 2.15. The van der Waals surface area contributed by atoms with Gasteiger partial charge in [0.15, 0.2) is 11.5 Å². The molecule has 3 rings (SSSR count). The molecule has 1 aromatic carbocycles. The van der Waals surface area contributed by atoms with Crippen LogP contribution >= 0.6 is 11.6 Å². The van der Waals surface area contributed by atoms with E-state index in [1.165, 1.54) is 24.3 Å². The molecule has 1 atom stereocenters. The first-order valence-electron chi connectivity index (χ1n) is 10.3. The number of benzene rings is 1. The van der Waals surface area contributed by atoms with Crippen LogP contribution in [0.15, 0.2) is 28.8 Å². The minimum Gasteiger partial charge on any atom is -0.381 e. The van der Waals surface area contributed by atoms with Gasteiger partial charge in [-0.2, -0.15) is 8.42 Å². The van der Waals surface area contributed by atoms with Gasteiger partial charge >= 0.3 is 10.3 Å². The third kappa shape index (κ3) is 5.43. The van der Waals surface area contributed by atoms with Crippen molar-refractivity contribution >= 4 is 39.2 Å². The summed E-state index contributed by atoms with van der Waals surface area (Å²) in [6, 6.07) is 5.57. The van der Waals surface area contributed by atoms with E-state index < -0.39 is 16.2 Å². The Labute approximate surface area is 192 Å². The van der Waals surface area contributed by atoms with Crippen molar-refractivity contribution in [1.82, 2.24) is 10.5 Å². The van der Waals surface area contributed by atoms with Crippen LogP contribution in [0.25, 0.3) is 0 Å². The van der Waals surface area contributed by atoms with Gasteiger partial charge in [0.05, 0.1) is 5.69 Å². The van der Waals surface area contributed by atoms with Gasteiger partial charge in [-0.05, 0) is 49.4 Å². The lowest BCUT2D eigenvalue weighted by atomic mass is 9.88. The summed E-state index contributed by atoms with van der Waals surface area (Å²) in [5, 5.41) is 7.17. The third-order valence-electron chi connectivity index (χ3n) is 5.64. The Hall–Kier alpha value is -2.14. The molecule has 1 fully saturated rings. The number of hydrogen-bond donors (Lipinski definition) is 2. The fourth-order valence-corrected chi connectivity index (χ4v) is 4.23. The van der Waals surface area contributed by atoms with E-state index in [4.69, 9.17) is 20.9 Å². The molecule has 11 heteroatoms. The molecule has 1 saturated heterocycles. The molecule has 1 unspecified atom stereocenters. The number of hydrogen-bond acceptors (Lipinski definition) is 6. The molecule has 0 saturated carbocycles. The molecule has 9 nitrogen and oxygen atoms in total. The van der Waals surface area contributed by atoms with Gasteiger partial charge in [-0.25, -0.2) is 4.31 Å². The number of carbonyl (C=O) groups is 1. The van der Waals surface area contributed by atoms with E-state index in [2.05, 4.69) is 10.5 Å². The number of halogens is 1. The Morgan fingerprint density at radius 1 is 1.25 bits per heavy atom. The molecule has 2 aromatic rings. The van der Waals surface area contributed by atoms with Gasteiger partial charge in [0, 0.05) is 30.2 Å². The predicted octanol–water partition coefficient (Wildman–Crippen LogP) is 4.33. The number of rotatable bonds is 6. The Morgan fingerprint density at radius 3 is 2.38 bits per heavy atom. The average molecular weight is 486 g/mol. The Morgan fingerprint density at radius 2 is 1.84 bits per heavy atom. The highest BCUT2D eigenvalue weighted by Gasteiger charge is 2.38. The summed E-state index contributed by atoms with van der Waals surface area (Å²) in [4.78, 5) is 13.2. The molecular formula is C21H28ClN3O6S. The molecule has 2 heterocycles. The summed E-state index contributed by atoms with van der Waals surface area (Å²) in [6.45, 7) is 8.66. The second-order valence-electron chi connectivity index (χ2n) is 8.91. The lowest BCUT2D eigenvalue weighted by Crippen LogP contribution is -2.42. The molecule has 0 bridgehead atoms. The largest absolute Gasteiger partial charge is 0.381 e. The molecule has 0 radical (unpaired) electrons. The minimum absolute atomic E-state index is 0.0892. The van der Waals surface area contributed by atoms with E-state index in [1.807, 2.05) is 27.7 Å². The number of nitrogens with zero attached hydrogens (tertiary/aromatic N) is 2. The summed E-state index contributed by atoms with van der Waals surface area (Å²) in [5.41, 5.74) is -0.496. The summed E-state index contributed by atoms with van der Waals surface area (Å²) in [7, 11) is -4.85. The van der Waals surface area contributed by atoms with Gasteiger partial charge < -0.3 is 14.6 Å². The molecule has 176 valence electrons. The second kappa shape index (κ2) is 9.38. The zero-order valence-electron chi connectivity index (χ0n) is 18.5. The number of anilines is 2. The topological polar surface area (TPSA) is 122 Å². The molecule has 1 amide bonds. The zero-order valence-corrected chi connectivity index (χ0v) is 20.0. The number of ether oxygens (including phenoxy) is 1. The normalized spacial score (nSPS) is 16.6. The van der Waals surface area contributed by atoms with Crippen LogP contribution in [0.4, 0.5) is 11.4 Å². The number of carbonyl (C=O) groups excluding carboxylic acids is 1. The summed E-state index contributed by atoms with van der Waals surface area (Å²) < 4.78 is 46.8. The number of nitrogens with one attached hydrogen (secondary N) is 1. The van der Waals surface area contributed by atoms with Crippen molar-refractivity contribution in [3.8, 4) is 0 Å². The van der Waals surface area contributed by atoms with Gasteiger partial charge in [-0.15, -0.1) is 0 Å². The van der Waals surface area contributed by atoms with E-state index in [0.29, 0.717) is 35.4 Å². The van der Waals surface area contributed by atoms with Crippen molar-refractivity contribution < 1.29 is 27.0 Å². The van der Waals surface area contributed by atoms with Crippen LogP contribution in [0.2, 0.25) is 5.02 Å². The fraction of sp³-hybridized carbons (Fsp3) is 0.524. The summed E-state index contributed by atoms with van der Waals surface area (Å²) in [6.07, 6.45) is 1.11. The lowest BCUT2D eigenvalue weighted by Gasteiger charge is -2.28. The van der Waals surface area contributed by atoms with Gasteiger partial charge in [0.2, 0.25) is 0 Å². The zero-order chi connectivity index (χ0) is 23.7. The maximum atomic E-state index is 13.2. The molecule has 0 spiro atoms. The van der Waals surface area contributed by atoms with Crippen LogP contribution in [0.3, 0.4) is 0 Å². The molecule has 1 aliphatic heterocycles. The maximum absolute atomic E-state index is 13.2. The summed E-state index contributed by atoms with van der Waals surface area (Å²) in [5.74, 6) is -0.633. The molecular weight excluding hydrogens is 458 g/mol. The van der Waals surface area contributed by atoms with Gasteiger partial charge in [-0.1, -0.05) is 37.5 Å². The van der Waals surface area contributed by atoms with Crippen molar-refractivity contribution in [2.45, 2.75) is 52.5 Å². The van der Waals surface area contributed by atoms with Crippen molar-refractivity contribution in [3.63, 3.8) is 0 Å². The van der Waals surface area contributed by atoms with Crippen LogP contribution in [0, 0.1) is 5.41 Å². The van der Waals surface area contributed by atoms with Gasteiger partial charge in [0.25, 0.3) is 5.91 Å². The standard InChI is InChI=1S/C21H28ClN3O6S/c1-13(21(2,3)4)23-20(26)17-18(19(31-24-17)14-9-11-30-12-10-14)25(32(27,28)29)16-7-5-15(22)6-8-16/h5-8,13-14H,9-12H2,1-4H3,(H,23,26)(H,27,28,29). The van der Waals surface area contributed by atoms with Crippen molar-refractivity contribution in [3.05, 3.63) is 40.7 Å². The average Bonchev–Trinajstić information content (AvgIpc) is 3.13. The molecule has 0 aliphatic carbocycles. The highest BCUT2D eigenvalue weighted by Crippen LogP contribution is 2.41. The van der Waals surface area contributed by atoms with Crippen LogP contribution in [0.5, 0.6) is 0 Å². The van der Waals surface area contributed by atoms with Crippen LogP contribution in [-0.4, -0.2) is 43.3 Å². The quantitative estimate of drug-likeness (QED) is 0.584.